The van der Waals surface area contributed by atoms with Crippen molar-refractivity contribution in [3.05, 3.63) is 46.9 Å². The van der Waals surface area contributed by atoms with Gasteiger partial charge in [0.25, 0.3) is 5.56 Å². The number of para-hydroxylation sites is 1. The lowest BCUT2D eigenvalue weighted by atomic mass is 9.98. The Morgan fingerprint density at radius 3 is 2.96 bits per heavy atom. The molecule has 0 aliphatic carbocycles. The summed E-state index contributed by atoms with van der Waals surface area (Å²) in [6, 6.07) is 9.73. The Balaban J connectivity index is 1.57. The molecule has 1 aliphatic heterocycles. The standard InChI is InChI=1S/C19H24N6O/c1-2-24-10-6-7-14(13-24)11-20-19-22-17-16(18(26)23-19)12-21-25(17)15-8-4-3-5-9-15/h3-5,8-9,12,14H,2,6-7,10-11,13H2,1H3,(H2,20,22,23,26)/t14-/m1/s1. The van der Waals surface area contributed by atoms with Crippen molar-refractivity contribution < 1.29 is 0 Å². The smallest absolute Gasteiger partial charge is 0.263 e. The van der Waals surface area contributed by atoms with E-state index in [1.165, 1.54) is 19.4 Å². The van der Waals surface area contributed by atoms with Crippen LogP contribution in [0.15, 0.2) is 41.3 Å². The molecule has 0 radical (unpaired) electrons. The normalized spacial score (nSPS) is 18.3. The van der Waals surface area contributed by atoms with Gasteiger partial charge in [0.05, 0.1) is 11.9 Å². The van der Waals surface area contributed by atoms with Crippen molar-refractivity contribution >= 4 is 17.0 Å². The summed E-state index contributed by atoms with van der Waals surface area (Å²) in [6.45, 7) is 6.38. The van der Waals surface area contributed by atoms with Crippen molar-refractivity contribution in [3.8, 4) is 5.69 Å². The molecule has 1 aromatic carbocycles. The number of hydrogen-bond donors (Lipinski definition) is 2. The second kappa shape index (κ2) is 7.29. The number of likely N-dealkylation sites (tertiary alicyclic amines) is 1. The maximum Gasteiger partial charge on any atom is 0.263 e. The minimum atomic E-state index is -0.168. The molecule has 7 heteroatoms. The number of hydrogen-bond acceptors (Lipinski definition) is 5. The van der Waals surface area contributed by atoms with Gasteiger partial charge in [0.1, 0.15) is 5.39 Å². The Bertz CT molecular complexity index is 932. The third-order valence-electron chi connectivity index (χ3n) is 5.05. The second-order valence-corrected chi connectivity index (χ2v) is 6.83. The van der Waals surface area contributed by atoms with Gasteiger partial charge in [0.15, 0.2) is 5.65 Å². The van der Waals surface area contributed by atoms with E-state index in [-0.39, 0.29) is 5.56 Å². The van der Waals surface area contributed by atoms with E-state index in [1.807, 2.05) is 30.3 Å². The van der Waals surface area contributed by atoms with E-state index >= 15 is 0 Å². The van der Waals surface area contributed by atoms with Crippen molar-refractivity contribution in [2.24, 2.45) is 5.92 Å². The molecular weight excluding hydrogens is 328 g/mol. The minimum Gasteiger partial charge on any atom is -0.355 e. The van der Waals surface area contributed by atoms with Crippen molar-refractivity contribution in [2.45, 2.75) is 19.8 Å². The zero-order valence-electron chi connectivity index (χ0n) is 15.0. The molecule has 7 nitrogen and oxygen atoms in total. The average Bonchev–Trinajstić information content (AvgIpc) is 3.12. The molecule has 1 fully saturated rings. The Kier molecular flexibility index (Phi) is 4.71. The second-order valence-electron chi connectivity index (χ2n) is 6.83. The summed E-state index contributed by atoms with van der Waals surface area (Å²) in [6.07, 6.45) is 4.00. The van der Waals surface area contributed by atoms with Gasteiger partial charge in [-0.1, -0.05) is 25.1 Å². The molecule has 2 N–H and O–H groups in total. The molecule has 1 atom stereocenters. The molecule has 0 amide bonds. The summed E-state index contributed by atoms with van der Waals surface area (Å²) >= 11 is 0. The van der Waals surface area contributed by atoms with Gasteiger partial charge in [-0.25, -0.2) is 4.68 Å². The van der Waals surface area contributed by atoms with Crippen molar-refractivity contribution in [3.63, 3.8) is 0 Å². The quantitative estimate of drug-likeness (QED) is 0.736. The van der Waals surface area contributed by atoms with Crippen molar-refractivity contribution in [1.29, 1.82) is 0 Å². The maximum absolute atomic E-state index is 12.4. The average molecular weight is 352 g/mol. The van der Waals surface area contributed by atoms with Crippen LogP contribution in [-0.2, 0) is 0 Å². The predicted octanol–water partition coefficient (Wildman–Crippen LogP) is 2.25. The largest absolute Gasteiger partial charge is 0.355 e. The molecule has 1 saturated heterocycles. The van der Waals surface area contributed by atoms with E-state index in [0.29, 0.717) is 22.9 Å². The fraction of sp³-hybridized carbons (Fsp3) is 0.421. The van der Waals surface area contributed by atoms with Gasteiger partial charge in [-0.2, -0.15) is 10.1 Å². The van der Waals surface area contributed by atoms with Crippen LogP contribution in [0.2, 0.25) is 0 Å². The highest BCUT2D eigenvalue weighted by Gasteiger charge is 2.19. The third-order valence-corrected chi connectivity index (χ3v) is 5.05. The van der Waals surface area contributed by atoms with E-state index in [2.05, 4.69) is 32.2 Å². The monoisotopic (exact) mass is 352 g/mol. The number of H-pyrrole nitrogens is 1. The lowest BCUT2D eigenvalue weighted by molar-refractivity contribution is 0.189. The SMILES string of the molecule is CCN1CCC[C@H](CNc2nc3c(cnn3-c3ccccc3)c(=O)[nH]2)C1. The van der Waals surface area contributed by atoms with Crippen LogP contribution < -0.4 is 10.9 Å². The number of piperidine rings is 1. The number of fused-ring (bicyclic) bond motifs is 1. The Hall–Kier alpha value is -2.67. The Labute approximate surface area is 152 Å². The molecule has 136 valence electrons. The number of anilines is 1. The van der Waals surface area contributed by atoms with Crippen LogP contribution >= 0.6 is 0 Å². The van der Waals surface area contributed by atoms with E-state index in [9.17, 15) is 4.79 Å². The number of nitrogens with one attached hydrogen (secondary N) is 2. The van der Waals surface area contributed by atoms with E-state index < -0.39 is 0 Å². The first kappa shape index (κ1) is 16.8. The maximum atomic E-state index is 12.4. The zero-order valence-corrected chi connectivity index (χ0v) is 15.0. The lowest BCUT2D eigenvalue weighted by Gasteiger charge is -2.31. The first-order chi connectivity index (χ1) is 12.7. The molecule has 3 aromatic rings. The lowest BCUT2D eigenvalue weighted by Crippen LogP contribution is -2.38. The molecule has 0 saturated carbocycles. The van der Waals surface area contributed by atoms with Crippen LogP contribution in [0.5, 0.6) is 0 Å². The minimum absolute atomic E-state index is 0.168. The summed E-state index contributed by atoms with van der Waals surface area (Å²) in [5.74, 6) is 1.08. The van der Waals surface area contributed by atoms with Gasteiger partial charge >= 0.3 is 0 Å². The summed E-state index contributed by atoms with van der Waals surface area (Å²) < 4.78 is 1.70. The van der Waals surface area contributed by atoms with E-state index in [1.54, 1.807) is 10.9 Å². The molecule has 4 rings (SSSR count). The van der Waals surface area contributed by atoms with Crippen LogP contribution in [-0.4, -0.2) is 50.8 Å². The molecule has 1 aliphatic rings. The fourth-order valence-electron chi connectivity index (χ4n) is 3.61. The van der Waals surface area contributed by atoms with Gasteiger partial charge < -0.3 is 10.2 Å². The number of rotatable bonds is 5. The molecule has 2 aromatic heterocycles. The molecule has 3 heterocycles. The summed E-state index contributed by atoms with van der Waals surface area (Å²) in [4.78, 5) is 22.3. The van der Waals surface area contributed by atoms with Crippen molar-refractivity contribution in [2.75, 3.05) is 31.5 Å². The molecule has 26 heavy (non-hydrogen) atoms. The highest BCUT2D eigenvalue weighted by molar-refractivity contribution is 5.76. The fourth-order valence-corrected chi connectivity index (χ4v) is 3.61. The van der Waals surface area contributed by atoms with Gasteiger partial charge in [-0.15, -0.1) is 0 Å². The third kappa shape index (κ3) is 3.35. The van der Waals surface area contributed by atoms with Gasteiger partial charge in [0, 0.05) is 13.1 Å². The first-order valence-corrected chi connectivity index (χ1v) is 9.24. The summed E-state index contributed by atoms with van der Waals surface area (Å²) in [5.41, 5.74) is 1.29. The van der Waals surface area contributed by atoms with Crippen LogP contribution in [0.25, 0.3) is 16.7 Å². The summed E-state index contributed by atoms with van der Waals surface area (Å²) in [7, 11) is 0. The summed E-state index contributed by atoms with van der Waals surface area (Å²) in [5, 5.41) is 8.16. The van der Waals surface area contributed by atoms with Crippen LogP contribution in [0, 0.1) is 5.92 Å². The van der Waals surface area contributed by atoms with Crippen LogP contribution in [0.3, 0.4) is 0 Å². The van der Waals surface area contributed by atoms with Gasteiger partial charge in [-0.3, -0.25) is 9.78 Å². The van der Waals surface area contributed by atoms with Crippen molar-refractivity contribution in [1.82, 2.24) is 24.6 Å². The van der Waals surface area contributed by atoms with Crippen LogP contribution in [0.4, 0.5) is 5.95 Å². The topological polar surface area (TPSA) is 78.8 Å². The highest BCUT2D eigenvalue weighted by atomic mass is 16.1. The molecule has 0 bridgehead atoms. The van der Waals surface area contributed by atoms with Crippen LogP contribution in [0.1, 0.15) is 19.8 Å². The van der Waals surface area contributed by atoms with E-state index in [0.717, 1.165) is 25.3 Å². The number of nitrogens with zero attached hydrogens (tertiary/aromatic N) is 4. The highest BCUT2D eigenvalue weighted by Crippen LogP contribution is 2.18. The first-order valence-electron chi connectivity index (χ1n) is 9.24. The van der Waals surface area contributed by atoms with E-state index in [4.69, 9.17) is 0 Å². The zero-order chi connectivity index (χ0) is 17.9. The number of benzene rings is 1. The number of aromatic amines is 1. The van der Waals surface area contributed by atoms with Gasteiger partial charge in [-0.05, 0) is 44.0 Å². The molecule has 0 spiro atoms. The Morgan fingerprint density at radius 2 is 2.15 bits per heavy atom. The molecule has 0 unspecified atom stereocenters. The predicted molar refractivity (Wildman–Crippen MR) is 103 cm³/mol. The number of aromatic nitrogens is 4. The van der Waals surface area contributed by atoms with Gasteiger partial charge in [0.2, 0.25) is 5.95 Å². The molecular formula is C19H24N6O. The Morgan fingerprint density at radius 1 is 1.31 bits per heavy atom.